The zero-order chi connectivity index (χ0) is 16.2. The molecule has 0 aromatic heterocycles. The van der Waals surface area contributed by atoms with Crippen LogP contribution in [0.25, 0.3) is 16.7 Å². The molecule has 1 unspecified atom stereocenters. The van der Waals surface area contributed by atoms with Crippen LogP contribution in [0.4, 0.5) is 0 Å². The topological polar surface area (TPSA) is 0 Å². The highest BCUT2D eigenvalue weighted by molar-refractivity contribution is 5.86. The monoisotopic (exact) mass is 300 g/mol. The second kappa shape index (κ2) is 4.96. The molecule has 0 heterocycles. The molecule has 23 heavy (non-hydrogen) atoms. The first-order chi connectivity index (χ1) is 10.9. The largest absolute Gasteiger partial charge is 0.0735 e. The molecule has 0 heteroatoms. The minimum Gasteiger partial charge on any atom is -0.0735 e. The maximum absolute atomic E-state index is 2.44. The van der Waals surface area contributed by atoms with E-state index in [1.54, 1.807) is 0 Å². The smallest absolute Gasteiger partial charge is 0.000173 e. The summed E-state index contributed by atoms with van der Waals surface area (Å²) < 4.78 is 0. The van der Waals surface area contributed by atoms with Gasteiger partial charge in [0.05, 0.1) is 0 Å². The summed E-state index contributed by atoms with van der Waals surface area (Å²) in [6.45, 7) is 9.23. The van der Waals surface area contributed by atoms with Crippen LogP contribution in [-0.2, 0) is 6.42 Å². The standard InChI is InChI=1S/C23H24/c1-15-12-17(23(2,3)4)14-21(15)20-11-7-10-19-18-9-6-5-8-16(18)13-22(19)20/h5-12,14-15H,13H2,1-4H3. The second-order valence-electron chi connectivity index (χ2n) is 7.93. The average molecular weight is 300 g/mol. The molecule has 0 N–H and O–H groups in total. The van der Waals surface area contributed by atoms with Crippen molar-refractivity contribution in [3.8, 4) is 11.1 Å². The fraction of sp³-hybridized carbons (Fsp3) is 0.304. The Morgan fingerprint density at radius 3 is 2.30 bits per heavy atom. The van der Waals surface area contributed by atoms with Crippen molar-refractivity contribution in [2.24, 2.45) is 11.3 Å². The molecule has 2 aromatic rings. The molecular formula is C23H24. The summed E-state index contributed by atoms with van der Waals surface area (Å²) in [5.74, 6) is 0.499. The summed E-state index contributed by atoms with van der Waals surface area (Å²) in [6.07, 6.45) is 5.94. The van der Waals surface area contributed by atoms with Gasteiger partial charge in [-0.2, -0.15) is 0 Å². The Labute approximate surface area is 139 Å². The van der Waals surface area contributed by atoms with Crippen LogP contribution in [0.5, 0.6) is 0 Å². The first kappa shape index (κ1) is 14.5. The van der Waals surface area contributed by atoms with Crippen molar-refractivity contribution >= 4 is 5.57 Å². The molecule has 0 spiro atoms. The van der Waals surface area contributed by atoms with E-state index in [0.29, 0.717) is 5.92 Å². The summed E-state index contributed by atoms with van der Waals surface area (Å²) in [6, 6.07) is 15.6. The van der Waals surface area contributed by atoms with E-state index in [1.807, 2.05) is 0 Å². The van der Waals surface area contributed by atoms with Gasteiger partial charge in [-0.1, -0.05) is 82.3 Å². The Kier molecular flexibility index (Phi) is 3.13. The zero-order valence-electron chi connectivity index (χ0n) is 14.5. The van der Waals surface area contributed by atoms with Gasteiger partial charge in [-0.15, -0.1) is 0 Å². The van der Waals surface area contributed by atoms with Crippen molar-refractivity contribution in [1.82, 2.24) is 0 Å². The highest BCUT2D eigenvalue weighted by Gasteiger charge is 2.27. The molecule has 0 nitrogen and oxygen atoms in total. The molecule has 116 valence electrons. The van der Waals surface area contributed by atoms with Gasteiger partial charge in [0, 0.05) is 5.92 Å². The lowest BCUT2D eigenvalue weighted by Crippen LogP contribution is -2.06. The van der Waals surface area contributed by atoms with Crippen molar-refractivity contribution in [3.63, 3.8) is 0 Å². The fourth-order valence-corrected chi connectivity index (χ4v) is 3.92. The van der Waals surface area contributed by atoms with E-state index in [-0.39, 0.29) is 5.41 Å². The number of allylic oxidation sites excluding steroid dienone is 4. The van der Waals surface area contributed by atoms with E-state index < -0.39 is 0 Å². The number of hydrogen-bond donors (Lipinski definition) is 0. The van der Waals surface area contributed by atoms with Crippen LogP contribution in [0.15, 0.2) is 60.2 Å². The predicted octanol–water partition coefficient (Wildman–Crippen LogP) is 6.26. The van der Waals surface area contributed by atoms with Gasteiger partial charge in [0.25, 0.3) is 0 Å². The van der Waals surface area contributed by atoms with Crippen molar-refractivity contribution in [3.05, 3.63) is 76.9 Å². The van der Waals surface area contributed by atoms with Crippen molar-refractivity contribution < 1.29 is 0 Å². The second-order valence-corrected chi connectivity index (χ2v) is 7.93. The Hall–Kier alpha value is -2.08. The van der Waals surface area contributed by atoms with Crippen LogP contribution in [0.1, 0.15) is 44.4 Å². The lowest BCUT2D eigenvalue weighted by atomic mass is 9.87. The van der Waals surface area contributed by atoms with Crippen molar-refractivity contribution in [2.75, 3.05) is 0 Å². The average Bonchev–Trinajstić information content (AvgIpc) is 3.07. The van der Waals surface area contributed by atoms with Crippen LogP contribution in [-0.4, -0.2) is 0 Å². The van der Waals surface area contributed by atoms with Gasteiger partial charge in [-0.3, -0.25) is 0 Å². The number of benzene rings is 2. The first-order valence-corrected chi connectivity index (χ1v) is 8.59. The summed E-state index contributed by atoms with van der Waals surface area (Å²) in [5, 5.41) is 0. The van der Waals surface area contributed by atoms with E-state index in [9.17, 15) is 0 Å². The van der Waals surface area contributed by atoms with Crippen LogP contribution in [0.2, 0.25) is 0 Å². The SMILES string of the molecule is CC1C=C(C(C)(C)C)C=C1c1cccc2c1Cc1ccccc1-2. The van der Waals surface area contributed by atoms with E-state index in [4.69, 9.17) is 0 Å². The molecule has 0 aliphatic heterocycles. The summed E-state index contributed by atoms with van der Waals surface area (Å²) in [4.78, 5) is 0. The third-order valence-electron chi connectivity index (χ3n) is 5.26. The maximum atomic E-state index is 2.44. The van der Waals surface area contributed by atoms with Gasteiger partial charge in [-0.25, -0.2) is 0 Å². The van der Waals surface area contributed by atoms with Gasteiger partial charge in [0.2, 0.25) is 0 Å². The van der Waals surface area contributed by atoms with E-state index in [2.05, 4.69) is 82.3 Å². The molecule has 2 aliphatic carbocycles. The fourth-order valence-electron chi connectivity index (χ4n) is 3.92. The zero-order valence-corrected chi connectivity index (χ0v) is 14.5. The Morgan fingerprint density at radius 1 is 0.870 bits per heavy atom. The van der Waals surface area contributed by atoms with E-state index in [1.165, 1.54) is 39.0 Å². The van der Waals surface area contributed by atoms with Crippen LogP contribution >= 0.6 is 0 Å². The number of fused-ring (bicyclic) bond motifs is 3. The van der Waals surface area contributed by atoms with Gasteiger partial charge >= 0.3 is 0 Å². The predicted molar refractivity (Wildman–Crippen MR) is 99.4 cm³/mol. The molecule has 1 atom stereocenters. The van der Waals surface area contributed by atoms with E-state index in [0.717, 1.165) is 6.42 Å². The first-order valence-electron chi connectivity index (χ1n) is 8.59. The molecule has 0 bridgehead atoms. The van der Waals surface area contributed by atoms with Crippen LogP contribution < -0.4 is 0 Å². The summed E-state index contributed by atoms with van der Waals surface area (Å²) in [7, 11) is 0. The molecule has 0 amide bonds. The van der Waals surface area contributed by atoms with Crippen LogP contribution in [0.3, 0.4) is 0 Å². The van der Waals surface area contributed by atoms with Gasteiger partial charge in [0.15, 0.2) is 0 Å². The molecular weight excluding hydrogens is 276 g/mol. The summed E-state index contributed by atoms with van der Waals surface area (Å²) >= 11 is 0. The Bertz CT molecular complexity index is 841. The van der Waals surface area contributed by atoms with Gasteiger partial charge < -0.3 is 0 Å². The summed E-state index contributed by atoms with van der Waals surface area (Å²) in [5.41, 5.74) is 10.4. The molecule has 0 saturated carbocycles. The molecule has 0 fully saturated rings. The van der Waals surface area contributed by atoms with Crippen molar-refractivity contribution in [1.29, 1.82) is 0 Å². The normalized spacial score (nSPS) is 19.2. The quantitative estimate of drug-likeness (QED) is 0.497. The molecule has 2 aromatic carbocycles. The Balaban J connectivity index is 1.82. The molecule has 2 aliphatic rings. The minimum absolute atomic E-state index is 0.219. The van der Waals surface area contributed by atoms with Crippen molar-refractivity contribution in [2.45, 2.75) is 34.1 Å². The highest BCUT2D eigenvalue weighted by Crippen LogP contribution is 2.45. The number of hydrogen-bond acceptors (Lipinski definition) is 0. The van der Waals surface area contributed by atoms with Gasteiger partial charge in [0.1, 0.15) is 0 Å². The van der Waals surface area contributed by atoms with Crippen LogP contribution in [0, 0.1) is 11.3 Å². The van der Waals surface area contributed by atoms with Gasteiger partial charge in [-0.05, 0) is 50.8 Å². The minimum atomic E-state index is 0.219. The molecule has 0 radical (unpaired) electrons. The third-order valence-corrected chi connectivity index (χ3v) is 5.26. The third kappa shape index (κ3) is 2.28. The molecule has 4 rings (SSSR count). The maximum Gasteiger partial charge on any atom is 0.000173 e. The molecule has 0 saturated heterocycles. The van der Waals surface area contributed by atoms with E-state index >= 15 is 0 Å². The lowest BCUT2D eigenvalue weighted by molar-refractivity contribution is 0.516. The number of rotatable bonds is 1. The Morgan fingerprint density at radius 2 is 1.57 bits per heavy atom. The lowest BCUT2D eigenvalue weighted by Gasteiger charge is -2.18. The highest BCUT2D eigenvalue weighted by atomic mass is 14.3.